The summed E-state index contributed by atoms with van der Waals surface area (Å²) < 4.78 is 5.01. The maximum absolute atomic E-state index is 11.8. The van der Waals surface area contributed by atoms with E-state index in [9.17, 15) is 9.59 Å². The third kappa shape index (κ3) is 3.33. The van der Waals surface area contributed by atoms with Crippen molar-refractivity contribution in [3.8, 4) is 0 Å². The van der Waals surface area contributed by atoms with Gasteiger partial charge in [-0.05, 0) is 26.7 Å². The van der Waals surface area contributed by atoms with Crippen LogP contribution in [-0.4, -0.2) is 18.4 Å². The number of hydrogen-bond donors (Lipinski definition) is 0. The van der Waals surface area contributed by atoms with Gasteiger partial charge in [0, 0.05) is 0 Å². The molecule has 0 radical (unpaired) electrons. The SMILES string of the molecule is CCCC(CCC)(C(C)=O)C(=O)OCC. The fourth-order valence-electron chi connectivity index (χ4n) is 1.95. The summed E-state index contributed by atoms with van der Waals surface area (Å²) in [5, 5.41) is 0. The fraction of sp³-hybridized carbons (Fsp3) is 0.833. The normalized spacial score (nSPS) is 11.2. The van der Waals surface area contributed by atoms with Crippen LogP contribution in [0.15, 0.2) is 0 Å². The van der Waals surface area contributed by atoms with Gasteiger partial charge in [0.25, 0.3) is 0 Å². The average Bonchev–Trinajstić information content (AvgIpc) is 2.17. The molecule has 0 amide bonds. The lowest BCUT2D eigenvalue weighted by Gasteiger charge is -2.28. The first-order valence-electron chi connectivity index (χ1n) is 5.73. The van der Waals surface area contributed by atoms with Crippen LogP contribution in [0.25, 0.3) is 0 Å². The van der Waals surface area contributed by atoms with Crippen LogP contribution in [0.3, 0.4) is 0 Å². The molecular formula is C12H22O3. The highest BCUT2D eigenvalue weighted by atomic mass is 16.5. The van der Waals surface area contributed by atoms with Crippen LogP contribution in [0.5, 0.6) is 0 Å². The second kappa shape index (κ2) is 6.59. The molecule has 3 nitrogen and oxygen atoms in total. The molecule has 3 heteroatoms. The molecule has 0 aliphatic heterocycles. The summed E-state index contributed by atoms with van der Waals surface area (Å²) in [5.74, 6) is -0.411. The Morgan fingerprint density at radius 1 is 1.07 bits per heavy atom. The van der Waals surface area contributed by atoms with Crippen molar-refractivity contribution >= 4 is 11.8 Å². The zero-order valence-corrected chi connectivity index (χ0v) is 10.3. The van der Waals surface area contributed by atoms with Crippen molar-refractivity contribution in [1.29, 1.82) is 0 Å². The molecule has 0 aliphatic rings. The number of ketones is 1. The second-order valence-electron chi connectivity index (χ2n) is 3.86. The van der Waals surface area contributed by atoms with E-state index in [1.807, 2.05) is 13.8 Å². The Bertz CT molecular complexity index is 215. The van der Waals surface area contributed by atoms with Gasteiger partial charge in [-0.15, -0.1) is 0 Å². The van der Waals surface area contributed by atoms with Gasteiger partial charge >= 0.3 is 5.97 Å². The van der Waals surface area contributed by atoms with Gasteiger partial charge in [0.1, 0.15) is 11.2 Å². The highest BCUT2D eigenvalue weighted by Gasteiger charge is 2.42. The molecule has 0 aromatic rings. The molecule has 0 N–H and O–H groups in total. The Hall–Kier alpha value is -0.860. The average molecular weight is 214 g/mol. The van der Waals surface area contributed by atoms with Crippen LogP contribution < -0.4 is 0 Å². The van der Waals surface area contributed by atoms with Crippen molar-refractivity contribution in [2.75, 3.05) is 6.61 Å². The van der Waals surface area contributed by atoms with Crippen molar-refractivity contribution in [2.24, 2.45) is 5.41 Å². The molecule has 0 aromatic heterocycles. The smallest absolute Gasteiger partial charge is 0.319 e. The summed E-state index contributed by atoms with van der Waals surface area (Å²) in [6.45, 7) is 7.55. The predicted octanol–water partition coefficient (Wildman–Crippen LogP) is 2.73. The van der Waals surface area contributed by atoms with Crippen molar-refractivity contribution in [3.63, 3.8) is 0 Å². The summed E-state index contributed by atoms with van der Waals surface area (Å²) in [6.07, 6.45) is 2.82. The molecule has 0 heterocycles. The summed E-state index contributed by atoms with van der Waals surface area (Å²) in [6, 6.07) is 0. The predicted molar refractivity (Wildman–Crippen MR) is 59.6 cm³/mol. The molecule has 88 valence electrons. The topological polar surface area (TPSA) is 43.4 Å². The molecule has 0 aliphatic carbocycles. The summed E-state index contributed by atoms with van der Waals surface area (Å²) >= 11 is 0. The summed E-state index contributed by atoms with van der Waals surface area (Å²) in [5.41, 5.74) is -0.889. The number of hydrogen-bond acceptors (Lipinski definition) is 3. The van der Waals surface area contributed by atoms with Crippen LogP contribution in [0.4, 0.5) is 0 Å². The van der Waals surface area contributed by atoms with E-state index >= 15 is 0 Å². The molecule has 0 aromatic carbocycles. The maximum Gasteiger partial charge on any atom is 0.319 e. The van der Waals surface area contributed by atoms with Crippen molar-refractivity contribution in [3.05, 3.63) is 0 Å². The van der Waals surface area contributed by atoms with Crippen LogP contribution in [0, 0.1) is 5.41 Å². The molecule has 0 saturated heterocycles. The number of Topliss-reactive ketones (excluding diaryl/α,β-unsaturated/α-hetero) is 1. The number of esters is 1. The van der Waals surface area contributed by atoms with E-state index in [4.69, 9.17) is 4.74 Å². The summed E-state index contributed by atoms with van der Waals surface area (Å²) in [4.78, 5) is 23.5. The Morgan fingerprint density at radius 2 is 1.53 bits per heavy atom. The molecule has 0 bridgehead atoms. The largest absolute Gasteiger partial charge is 0.465 e. The monoisotopic (exact) mass is 214 g/mol. The van der Waals surface area contributed by atoms with Crippen LogP contribution in [0.2, 0.25) is 0 Å². The molecule has 0 unspecified atom stereocenters. The fourth-order valence-corrected chi connectivity index (χ4v) is 1.95. The van der Waals surface area contributed by atoms with Gasteiger partial charge in [-0.1, -0.05) is 26.7 Å². The number of ether oxygens (including phenoxy) is 1. The van der Waals surface area contributed by atoms with Crippen LogP contribution in [0.1, 0.15) is 53.4 Å². The Morgan fingerprint density at radius 3 is 1.80 bits per heavy atom. The standard InChI is InChI=1S/C12H22O3/c1-5-8-12(9-6-2,10(4)13)11(14)15-7-3/h5-9H2,1-4H3. The van der Waals surface area contributed by atoms with Gasteiger partial charge in [-0.3, -0.25) is 9.59 Å². The first-order valence-corrected chi connectivity index (χ1v) is 5.73. The lowest BCUT2D eigenvalue weighted by Crippen LogP contribution is -2.39. The van der Waals surface area contributed by atoms with Gasteiger partial charge < -0.3 is 4.74 Å². The van der Waals surface area contributed by atoms with E-state index in [-0.39, 0.29) is 11.8 Å². The van der Waals surface area contributed by atoms with E-state index in [0.717, 1.165) is 12.8 Å². The van der Waals surface area contributed by atoms with Crippen LogP contribution in [-0.2, 0) is 14.3 Å². The van der Waals surface area contributed by atoms with Crippen LogP contribution >= 0.6 is 0 Å². The number of rotatable bonds is 7. The third-order valence-corrected chi connectivity index (χ3v) is 2.69. The van der Waals surface area contributed by atoms with Crippen molar-refractivity contribution < 1.29 is 14.3 Å². The zero-order chi connectivity index (χ0) is 11.9. The molecular weight excluding hydrogens is 192 g/mol. The van der Waals surface area contributed by atoms with Crippen molar-refractivity contribution in [1.82, 2.24) is 0 Å². The van der Waals surface area contributed by atoms with Gasteiger partial charge in [0.15, 0.2) is 0 Å². The lowest BCUT2D eigenvalue weighted by atomic mass is 9.76. The van der Waals surface area contributed by atoms with E-state index in [2.05, 4.69) is 0 Å². The Balaban J connectivity index is 4.92. The molecule has 0 atom stereocenters. The van der Waals surface area contributed by atoms with Gasteiger partial charge in [-0.2, -0.15) is 0 Å². The first-order chi connectivity index (χ1) is 7.05. The molecule has 0 fully saturated rings. The number of carbonyl (C=O) groups is 2. The minimum Gasteiger partial charge on any atom is -0.465 e. The molecule has 0 spiro atoms. The van der Waals surface area contributed by atoms with Crippen molar-refractivity contribution in [2.45, 2.75) is 53.4 Å². The van der Waals surface area contributed by atoms with E-state index < -0.39 is 5.41 Å². The number of carbonyl (C=O) groups excluding carboxylic acids is 2. The van der Waals surface area contributed by atoms with Gasteiger partial charge in [0.05, 0.1) is 6.61 Å². The Kier molecular flexibility index (Phi) is 6.21. The quantitative estimate of drug-likeness (QED) is 0.483. The summed E-state index contributed by atoms with van der Waals surface area (Å²) in [7, 11) is 0. The molecule has 15 heavy (non-hydrogen) atoms. The second-order valence-corrected chi connectivity index (χ2v) is 3.86. The van der Waals surface area contributed by atoms with E-state index in [1.54, 1.807) is 6.92 Å². The highest BCUT2D eigenvalue weighted by molar-refractivity contribution is 6.02. The lowest BCUT2D eigenvalue weighted by molar-refractivity contribution is -0.160. The van der Waals surface area contributed by atoms with Gasteiger partial charge in [-0.25, -0.2) is 0 Å². The minimum atomic E-state index is -0.889. The maximum atomic E-state index is 11.8. The third-order valence-electron chi connectivity index (χ3n) is 2.69. The molecule has 0 rings (SSSR count). The highest BCUT2D eigenvalue weighted by Crippen LogP contribution is 2.32. The molecule has 0 saturated carbocycles. The minimum absolute atomic E-state index is 0.0651. The zero-order valence-electron chi connectivity index (χ0n) is 10.3. The Labute approximate surface area is 92.2 Å². The van der Waals surface area contributed by atoms with E-state index in [0.29, 0.717) is 19.4 Å². The van der Waals surface area contributed by atoms with E-state index in [1.165, 1.54) is 6.92 Å². The van der Waals surface area contributed by atoms with Gasteiger partial charge in [0.2, 0.25) is 0 Å². The first kappa shape index (κ1) is 14.1.